The molecule has 0 radical (unpaired) electrons. The molecule has 0 aliphatic heterocycles. The van der Waals surface area contributed by atoms with Crippen LogP contribution < -0.4 is 5.46 Å². The lowest BCUT2D eigenvalue weighted by Crippen LogP contribution is -2.34. The van der Waals surface area contributed by atoms with Crippen LogP contribution in [-0.4, -0.2) is 29.7 Å². The third-order valence-electron chi connectivity index (χ3n) is 1.88. The van der Waals surface area contributed by atoms with Gasteiger partial charge in [-0.25, -0.2) is 9.18 Å². The van der Waals surface area contributed by atoms with Crippen molar-refractivity contribution in [2.24, 2.45) is 0 Å². The standard InChI is InChI=1S/C9H9BBrFO4/c1-2-16-9(13)7-6(11)4-3-5(8(7)12)10(14)15/h3-4,14-15H,2H2,1H3. The fourth-order valence-corrected chi connectivity index (χ4v) is 1.63. The summed E-state index contributed by atoms with van der Waals surface area (Å²) in [6, 6.07) is 2.52. The van der Waals surface area contributed by atoms with Crippen molar-refractivity contribution >= 4 is 34.5 Å². The van der Waals surface area contributed by atoms with Crippen LogP contribution >= 0.6 is 15.9 Å². The van der Waals surface area contributed by atoms with Gasteiger partial charge in [-0.15, -0.1) is 0 Å². The van der Waals surface area contributed by atoms with Gasteiger partial charge in [0.2, 0.25) is 0 Å². The second-order valence-electron chi connectivity index (χ2n) is 2.92. The van der Waals surface area contributed by atoms with E-state index in [1.165, 1.54) is 12.1 Å². The van der Waals surface area contributed by atoms with Gasteiger partial charge in [0.25, 0.3) is 0 Å². The minimum absolute atomic E-state index is 0.108. The third kappa shape index (κ3) is 2.60. The molecule has 1 rings (SSSR count). The van der Waals surface area contributed by atoms with Gasteiger partial charge in [-0.05, 0) is 28.9 Å². The molecule has 0 aromatic heterocycles. The summed E-state index contributed by atoms with van der Waals surface area (Å²) < 4.78 is 18.6. The average molecular weight is 291 g/mol. The van der Waals surface area contributed by atoms with Crippen molar-refractivity contribution in [1.29, 1.82) is 0 Å². The van der Waals surface area contributed by atoms with Gasteiger partial charge in [0.1, 0.15) is 11.4 Å². The molecule has 86 valence electrons. The summed E-state index contributed by atoms with van der Waals surface area (Å²) >= 11 is 3.00. The predicted molar refractivity (Wildman–Crippen MR) is 59.9 cm³/mol. The van der Waals surface area contributed by atoms with Crippen molar-refractivity contribution in [3.8, 4) is 0 Å². The van der Waals surface area contributed by atoms with Gasteiger partial charge in [-0.1, -0.05) is 6.07 Å². The molecule has 1 aromatic rings. The Morgan fingerprint density at radius 3 is 2.69 bits per heavy atom. The lowest BCUT2D eigenvalue weighted by atomic mass is 9.79. The zero-order valence-corrected chi connectivity index (χ0v) is 9.99. The van der Waals surface area contributed by atoms with Crippen LogP contribution in [0.1, 0.15) is 17.3 Å². The first kappa shape index (κ1) is 13.2. The van der Waals surface area contributed by atoms with Crippen LogP contribution in [0, 0.1) is 5.82 Å². The van der Waals surface area contributed by atoms with Crippen LogP contribution in [-0.2, 0) is 4.74 Å². The van der Waals surface area contributed by atoms with Crippen LogP contribution in [0.3, 0.4) is 0 Å². The Kier molecular flexibility index (Phi) is 4.46. The molecule has 0 saturated carbocycles. The molecule has 7 heteroatoms. The summed E-state index contributed by atoms with van der Waals surface area (Å²) in [6.45, 7) is 1.70. The molecule has 0 unspecified atom stereocenters. The number of rotatable bonds is 3. The van der Waals surface area contributed by atoms with Crippen molar-refractivity contribution in [3.05, 3.63) is 28.0 Å². The molecule has 0 amide bonds. The van der Waals surface area contributed by atoms with Gasteiger partial charge in [0, 0.05) is 9.94 Å². The second kappa shape index (κ2) is 5.42. The van der Waals surface area contributed by atoms with Crippen LogP contribution in [0.25, 0.3) is 0 Å². The van der Waals surface area contributed by atoms with Crippen molar-refractivity contribution in [2.45, 2.75) is 6.92 Å². The number of hydrogen-bond acceptors (Lipinski definition) is 4. The molecule has 0 spiro atoms. The van der Waals surface area contributed by atoms with E-state index in [0.29, 0.717) is 0 Å². The van der Waals surface area contributed by atoms with E-state index in [2.05, 4.69) is 20.7 Å². The molecule has 0 aliphatic carbocycles. The molecule has 0 bridgehead atoms. The Balaban J connectivity index is 3.26. The largest absolute Gasteiger partial charge is 0.491 e. The predicted octanol–water partition coefficient (Wildman–Crippen LogP) is 0.445. The highest BCUT2D eigenvalue weighted by molar-refractivity contribution is 9.10. The van der Waals surface area contributed by atoms with Gasteiger partial charge >= 0.3 is 13.1 Å². The van der Waals surface area contributed by atoms with E-state index in [1.54, 1.807) is 6.92 Å². The Labute approximate surface area is 100 Å². The molecule has 2 N–H and O–H groups in total. The molecule has 0 fully saturated rings. The first-order valence-corrected chi connectivity index (χ1v) is 5.29. The minimum atomic E-state index is -1.97. The van der Waals surface area contributed by atoms with Crippen LogP contribution in [0.2, 0.25) is 0 Å². The van der Waals surface area contributed by atoms with Gasteiger partial charge in [-0.3, -0.25) is 0 Å². The minimum Gasteiger partial charge on any atom is -0.462 e. The number of carbonyl (C=O) groups excluding carboxylic acids is 1. The van der Waals surface area contributed by atoms with E-state index in [0.717, 1.165) is 0 Å². The van der Waals surface area contributed by atoms with E-state index >= 15 is 0 Å². The van der Waals surface area contributed by atoms with E-state index in [9.17, 15) is 9.18 Å². The summed E-state index contributed by atoms with van der Waals surface area (Å²) in [7, 11) is -1.97. The number of ether oxygens (including phenoxy) is 1. The SMILES string of the molecule is CCOC(=O)c1c(Br)ccc(B(O)O)c1F. The summed E-state index contributed by atoms with van der Waals surface area (Å²) in [4.78, 5) is 11.4. The number of carbonyl (C=O) groups is 1. The highest BCUT2D eigenvalue weighted by Gasteiger charge is 2.25. The van der Waals surface area contributed by atoms with Crippen molar-refractivity contribution in [3.63, 3.8) is 0 Å². The van der Waals surface area contributed by atoms with Crippen LogP contribution in [0.15, 0.2) is 16.6 Å². The summed E-state index contributed by atoms with van der Waals surface area (Å²) in [6.07, 6.45) is 0. The normalized spacial score (nSPS) is 10.1. The summed E-state index contributed by atoms with van der Waals surface area (Å²) in [5.74, 6) is -1.85. The molecular weight excluding hydrogens is 282 g/mol. The van der Waals surface area contributed by atoms with Crippen molar-refractivity contribution < 1.29 is 24.0 Å². The quantitative estimate of drug-likeness (QED) is 0.626. The first-order valence-electron chi connectivity index (χ1n) is 4.50. The average Bonchev–Trinajstić information content (AvgIpc) is 2.17. The molecule has 0 aliphatic rings. The molecular formula is C9H9BBrFO4. The molecule has 1 aromatic carbocycles. The molecule has 0 atom stereocenters. The lowest BCUT2D eigenvalue weighted by molar-refractivity contribution is 0.0520. The fourth-order valence-electron chi connectivity index (χ4n) is 1.16. The smallest absolute Gasteiger partial charge is 0.462 e. The number of halogens is 2. The van der Waals surface area contributed by atoms with Crippen LogP contribution in [0.4, 0.5) is 4.39 Å². The van der Waals surface area contributed by atoms with E-state index < -0.39 is 18.9 Å². The number of hydrogen-bond donors (Lipinski definition) is 2. The zero-order chi connectivity index (χ0) is 12.3. The fraction of sp³-hybridized carbons (Fsp3) is 0.222. The first-order chi connectivity index (χ1) is 7.49. The second-order valence-corrected chi connectivity index (χ2v) is 3.77. The molecule has 4 nitrogen and oxygen atoms in total. The lowest BCUT2D eigenvalue weighted by Gasteiger charge is -2.09. The molecule has 0 heterocycles. The Morgan fingerprint density at radius 2 is 2.19 bits per heavy atom. The van der Waals surface area contributed by atoms with Crippen molar-refractivity contribution in [2.75, 3.05) is 6.61 Å². The highest BCUT2D eigenvalue weighted by atomic mass is 79.9. The van der Waals surface area contributed by atoms with E-state index in [4.69, 9.17) is 10.0 Å². The van der Waals surface area contributed by atoms with Crippen molar-refractivity contribution in [1.82, 2.24) is 0 Å². The van der Waals surface area contributed by atoms with E-state index in [-0.39, 0.29) is 22.1 Å². The Hall–Kier alpha value is -0.915. The summed E-state index contributed by atoms with van der Waals surface area (Å²) in [5.41, 5.74) is -0.710. The maximum Gasteiger partial charge on any atom is 0.491 e. The maximum absolute atomic E-state index is 13.7. The Morgan fingerprint density at radius 1 is 1.56 bits per heavy atom. The molecule has 16 heavy (non-hydrogen) atoms. The molecule has 0 saturated heterocycles. The third-order valence-corrected chi connectivity index (χ3v) is 2.54. The Bertz CT molecular complexity index is 411. The van der Waals surface area contributed by atoms with E-state index in [1.807, 2.05) is 0 Å². The number of benzene rings is 1. The summed E-state index contributed by atoms with van der Waals surface area (Å²) in [5, 5.41) is 17.8. The van der Waals surface area contributed by atoms with Gasteiger partial charge in [0.05, 0.1) is 6.61 Å². The highest BCUT2D eigenvalue weighted by Crippen LogP contribution is 2.19. The monoisotopic (exact) mass is 290 g/mol. The van der Waals surface area contributed by atoms with Gasteiger partial charge in [-0.2, -0.15) is 0 Å². The topological polar surface area (TPSA) is 66.8 Å². The maximum atomic E-state index is 13.7. The zero-order valence-electron chi connectivity index (χ0n) is 8.41. The van der Waals surface area contributed by atoms with Crippen LogP contribution in [0.5, 0.6) is 0 Å². The van der Waals surface area contributed by atoms with Gasteiger partial charge in [0.15, 0.2) is 0 Å². The number of esters is 1. The van der Waals surface area contributed by atoms with Gasteiger partial charge < -0.3 is 14.8 Å².